The van der Waals surface area contributed by atoms with Crippen molar-refractivity contribution in [1.29, 1.82) is 0 Å². The molecule has 3 aliphatic rings. The van der Waals surface area contributed by atoms with Gasteiger partial charge in [-0.05, 0) is 35.2 Å². The zero-order valence-electron chi connectivity index (χ0n) is 15.3. The quantitative estimate of drug-likeness (QED) is 0.820. The highest BCUT2D eigenvalue weighted by molar-refractivity contribution is 7.07. The molecule has 6 nitrogen and oxygen atoms in total. The third-order valence-corrected chi connectivity index (χ3v) is 6.73. The molecule has 2 aliphatic heterocycles. The second-order valence-corrected chi connectivity index (χ2v) is 8.61. The van der Waals surface area contributed by atoms with Crippen molar-refractivity contribution in [2.45, 2.75) is 50.6 Å². The molecule has 3 heterocycles. The zero-order chi connectivity index (χ0) is 18.0. The lowest BCUT2D eigenvalue weighted by Crippen LogP contribution is -2.51. The average molecular weight is 377 g/mol. The molecule has 1 aromatic rings. The minimum Gasteiger partial charge on any atom is -0.323 e. The van der Waals surface area contributed by atoms with E-state index in [4.69, 9.17) is 0 Å². The summed E-state index contributed by atoms with van der Waals surface area (Å²) in [5.41, 5.74) is 0.752. The molecule has 0 radical (unpaired) electrons. The highest BCUT2D eigenvalue weighted by Crippen LogP contribution is 2.32. The first kappa shape index (κ1) is 17.9. The van der Waals surface area contributed by atoms with E-state index >= 15 is 0 Å². The first-order valence-corrected chi connectivity index (χ1v) is 10.7. The number of imide groups is 1. The van der Waals surface area contributed by atoms with Crippen LogP contribution in [0.2, 0.25) is 0 Å². The van der Waals surface area contributed by atoms with Crippen LogP contribution in [0.15, 0.2) is 16.8 Å². The van der Waals surface area contributed by atoms with Crippen LogP contribution in [-0.4, -0.2) is 65.0 Å². The zero-order valence-corrected chi connectivity index (χ0v) is 16.1. The van der Waals surface area contributed by atoms with E-state index in [2.05, 4.69) is 31.9 Å². The fraction of sp³-hybridized carbons (Fsp3) is 0.684. The minimum absolute atomic E-state index is 0.00472. The van der Waals surface area contributed by atoms with E-state index in [9.17, 15) is 9.59 Å². The molecular weight excluding hydrogens is 348 g/mol. The molecule has 1 spiro atoms. The van der Waals surface area contributed by atoms with E-state index in [0.717, 1.165) is 71.2 Å². The summed E-state index contributed by atoms with van der Waals surface area (Å²) in [6, 6.07) is 1.98. The number of nitrogens with zero attached hydrogens (tertiary/aromatic N) is 3. The van der Waals surface area contributed by atoms with E-state index < -0.39 is 5.54 Å². The molecule has 26 heavy (non-hydrogen) atoms. The molecule has 0 bridgehead atoms. The number of hydrogen-bond donors (Lipinski definition) is 1. The number of amides is 3. The number of nitrogens with one attached hydrogen (secondary N) is 1. The molecule has 0 aromatic carbocycles. The van der Waals surface area contributed by atoms with Crippen LogP contribution >= 0.6 is 11.3 Å². The Labute approximate surface area is 159 Å². The van der Waals surface area contributed by atoms with Crippen LogP contribution in [0.5, 0.6) is 0 Å². The second-order valence-electron chi connectivity index (χ2n) is 7.83. The molecule has 142 valence electrons. The molecule has 0 atom stereocenters. The van der Waals surface area contributed by atoms with Gasteiger partial charge in [0.05, 0.1) is 6.67 Å². The number of carbonyl (C=O) groups excluding carboxylic acids is 2. The van der Waals surface area contributed by atoms with E-state index in [-0.39, 0.29) is 11.9 Å². The van der Waals surface area contributed by atoms with Crippen molar-refractivity contribution in [3.63, 3.8) is 0 Å². The third kappa shape index (κ3) is 3.66. The SMILES string of the molecule is O=C1NC2(CCCCCC2)C(=O)N1CN1CCN(Cc2ccsc2)CC1. The molecule has 4 rings (SSSR count). The van der Waals surface area contributed by atoms with E-state index in [0.29, 0.717) is 6.67 Å². The van der Waals surface area contributed by atoms with Gasteiger partial charge in [-0.25, -0.2) is 9.69 Å². The Balaban J connectivity index is 1.31. The van der Waals surface area contributed by atoms with Gasteiger partial charge in [0.15, 0.2) is 0 Å². The maximum Gasteiger partial charge on any atom is 0.326 e. The van der Waals surface area contributed by atoms with Crippen LogP contribution in [0.4, 0.5) is 4.79 Å². The summed E-state index contributed by atoms with van der Waals surface area (Å²) in [4.78, 5) is 31.6. The molecule has 0 unspecified atom stereocenters. The fourth-order valence-electron chi connectivity index (χ4n) is 4.41. The van der Waals surface area contributed by atoms with Crippen molar-refractivity contribution < 1.29 is 9.59 Å². The molecule has 1 N–H and O–H groups in total. The topological polar surface area (TPSA) is 55.9 Å². The molecule has 2 saturated heterocycles. The van der Waals surface area contributed by atoms with Crippen LogP contribution in [0, 0.1) is 0 Å². The number of carbonyl (C=O) groups is 2. The first-order chi connectivity index (χ1) is 12.7. The Hall–Kier alpha value is -1.44. The van der Waals surface area contributed by atoms with Gasteiger partial charge in [-0.3, -0.25) is 14.6 Å². The number of piperazine rings is 1. The predicted molar refractivity (Wildman–Crippen MR) is 102 cm³/mol. The molecular formula is C19H28N4O2S. The van der Waals surface area contributed by atoms with Gasteiger partial charge < -0.3 is 5.32 Å². The van der Waals surface area contributed by atoms with Gasteiger partial charge in [-0.1, -0.05) is 25.7 Å². The summed E-state index contributed by atoms with van der Waals surface area (Å²) >= 11 is 1.74. The lowest BCUT2D eigenvalue weighted by molar-refractivity contribution is -0.133. The number of urea groups is 1. The summed E-state index contributed by atoms with van der Waals surface area (Å²) in [6.07, 6.45) is 5.97. The van der Waals surface area contributed by atoms with Gasteiger partial charge >= 0.3 is 6.03 Å². The standard InChI is InChI=1S/C19H28N4O2S/c24-17-19(6-3-1-2-4-7-19)20-18(25)23(17)15-22-10-8-21(9-11-22)13-16-5-12-26-14-16/h5,12,14H,1-4,6-11,13,15H2,(H,20,25). The van der Waals surface area contributed by atoms with Crippen molar-refractivity contribution in [3.8, 4) is 0 Å². The van der Waals surface area contributed by atoms with Crippen LogP contribution in [0.3, 0.4) is 0 Å². The Morgan fingerprint density at radius 1 is 1.00 bits per heavy atom. The van der Waals surface area contributed by atoms with Gasteiger partial charge in [-0.15, -0.1) is 0 Å². The van der Waals surface area contributed by atoms with Crippen molar-refractivity contribution >= 4 is 23.3 Å². The number of thiophene rings is 1. The summed E-state index contributed by atoms with van der Waals surface area (Å²) < 4.78 is 0. The molecule has 3 fully saturated rings. The van der Waals surface area contributed by atoms with Gasteiger partial charge in [0.1, 0.15) is 5.54 Å². The smallest absolute Gasteiger partial charge is 0.323 e. The normalized spacial score (nSPS) is 24.8. The van der Waals surface area contributed by atoms with Gasteiger partial charge in [0.25, 0.3) is 5.91 Å². The summed E-state index contributed by atoms with van der Waals surface area (Å²) in [7, 11) is 0. The molecule has 7 heteroatoms. The van der Waals surface area contributed by atoms with Crippen LogP contribution in [0.1, 0.15) is 44.1 Å². The van der Waals surface area contributed by atoms with Crippen molar-refractivity contribution in [1.82, 2.24) is 20.0 Å². The lowest BCUT2D eigenvalue weighted by Gasteiger charge is -2.36. The third-order valence-electron chi connectivity index (χ3n) is 6.00. The molecule has 3 amide bonds. The Morgan fingerprint density at radius 2 is 1.69 bits per heavy atom. The monoisotopic (exact) mass is 376 g/mol. The van der Waals surface area contributed by atoms with Crippen molar-refractivity contribution in [3.05, 3.63) is 22.4 Å². The summed E-state index contributed by atoms with van der Waals surface area (Å²) in [5, 5.41) is 7.36. The van der Waals surface area contributed by atoms with Crippen LogP contribution in [0.25, 0.3) is 0 Å². The maximum absolute atomic E-state index is 13.0. The summed E-state index contributed by atoms with van der Waals surface area (Å²) in [5.74, 6) is 0.00472. The average Bonchev–Trinajstić information content (AvgIpc) is 3.13. The van der Waals surface area contributed by atoms with Gasteiger partial charge in [0, 0.05) is 32.7 Å². The maximum atomic E-state index is 13.0. The van der Waals surface area contributed by atoms with Crippen molar-refractivity contribution in [2.75, 3.05) is 32.8 Å². The minimum atomic E-state index is -0.617. The Bertz CT molecular complexity index is 632. The van der Waals surface area contributed by atoms with E-state index in [1.54, 1.807) is 11.3 Å². The Kier molecular flexibility index (Phi) is 5.29. The Morgan fingerprint density at radius 3 is 2.35 bits per heavy atom. The predicted octanol–water partition coefficient (Wildman–Crippen LogP) is 2.47. The van der Waals surface area contributed by atoms with Crippen LogP contribution < -0.4 is 5.32 Å². The lowest BCUT2D eigenvalue weighted by atomic mass is 9.90. The highest BCUT2D eigenvalue weighted by atomic mass is 32.1. The van der Waals surface area contributed by atoms with Crippen molar-refractivity contribution in [2.24, 2.45) is 0 Å². The number of rotatable bonds is 4. The fourth-order valence-corrected chi connectivity index (χ4v) is 5.07. The summed E-state index contributed by atoms with van der Waals surface area (Å²) in [6.45, 7) is 5.17. The largest absolute Gasteiger partial charge is 0.326 e. The first-order valence-electron chi connectivity index (χ1n) is 9.76. The molecule has 1 aromatic heterocycles. The van der Waals surface area contributed by atoms with Gasteiger partial charge in [0.2, 0.25) is 0 Å². The number of hydrogen-bond acceptors (Lipinski definition) is 5. The second kappa shape index (κ2) is 7.66. The van der Waals surface area contributed by atoms with Crippen LogP contribution in [-0.2, 0) is 11.3 Å². The van der Waals surface area contributed by atoms with E-state index in [1.807, 2.05) is 0 Å². The van der Waals surface area contributed by atoms with E-state index in [1.165, 1.54) is 10.5 Å². The molecule has 1 aliphatic carbocycles. The highest BCUT2D eigenvalue weighted by Gasteiger charge is 2.50. The molecule has 1 saturated carbocycles. The van der Waals surface area contributed by atoms with Gasteiger partial charge in [-0.2, -0.15) is 11.3 Å².